The minimum atomic E-state index is 0.915. The number of fused-ring (bicyclic) bond motifs is 6. The zero-order valence-corrected chi connectivity index (χ0v) is 26.7. The summed E-state index contributed by atoms with van der Waals surface area (Å²) in [7, 11) is 0. The molecule has 10 aromatic rings. The van der Waals surface area contributed by atoms with Crippen LogP contribution in [0, 0.1) is 0 Å². The molecule has 0 unspecified atom stereocenters. The molecule has 0 saturated carbocycles. The predicted molar refractivity (Wildman–Crippen MR) is 208 cm³/mol. The van der Waals surface area contributed by atoms with Gasteiger partial charge in [0.05, 0.1) is 0 Å². The van der Waals surface area contributed by atoms with Gasteiger partial charge in [-0.3, -0.25) is 0 Å². The minimum absolute atomic E-state index is 0.915. The van der Waals surface area contributed by atoms with E-state index in [4.69, 9.17) is 4.42 Å². The van der Waals surface area contributed by atoms with Crippen LogP contribution in [0.5, 0.6) is 0 Å². The van der Waals surface area contributed by atoms with E-state index >= 15 is 0 Å². The van der Waals surface area contributed by atoms with Crippen LogP contribution < -0.4 is 0 Å². The molecule has 228 valence electrons. The van der Waals surface area contributed by atoms with Crippen molar-refractivity contribution in [2.24, 2.45) is 0 Å². The molecule has 0 aliphatic heterocycles. The minimum Gasteiger partial charge on any atom is -0.456 e. The lowest BCUT2D eigenvalue weighted by Crippen LogP contribution is -1.92. The van der Waals surface area contributed by atoms with Crippen molar-refractivity contribution in [3.8, 4) is 44.5 Å². The van der Waals surface area contributed by atoms with Crippen LogP contribution in [0.3, 0.4) is 0 Å². The average molecular weight is 623 g/mol. The van der Waals surface area contributed by atoms with Gasteiger partial charge in [-0.2, -0.15) is 0 Å². The molecule has 9 aromatic carbocycles. The van der Waals surface area contributed by atoms with Gasteiger partial charge in [0.25, 0.3) is 0 Å². The van der Waals surface area contributed by atoms with Crippen LogP contribution in [0.4, 0.5) is 0 Å². The van der Waals surface area contributed by atoms with E-state index in [1.807, 2.05) is 12.1 Å². The van der Waals surface area contributed by atoms with Crippen molar-refractivity contribution in [2.45, 2.75) is 0 Å². The van der Waals surface area contributed by atoms with E-state index in [2.05, 4.69) is 170 Å². The second-order valence-corrected chi connectivity index (χ2v) is 12.8. The summed E-state index contributed by atoms with van der Waals surface area (Å²) in [5.41, 5.74) is 11.6. The normalized spacial score (nSPS) is 11.7. The zero-order valence-electron chi connectivity index (χ0n) is 26.7. The van der Waals surface area contributed by atoms with Crippen molar-refractivity contribution >= 4 is 54.3 Å². The van der Waals surface area contributed by atoms with E-state index < -0.39 is 0 Å². The Bertz CT molecular complexity index is 2850. The highest BCUT2D eigenvalue weighted by Crippen LogP contribution is 2.46. The Morgan fingerprint density at radius 1 is 0.286 bits per heavy atom. The number of furan rings is 1. The first-order valence-corrected chi connectivity index (χ1v) is 16.8. The molecular weight excluding hydrogens is 593 g/mol. The highest BCUT2D eigenvalue weighted by molar-refractivity contribution is 6.22. The highest BCUT2D eigenvalue weighted by Gasteiger charge is 2.19. The van der Waals surface area contributed by atoms with Crippen molar-refractivity contribution in [1.82, 2.24) is 0 Å². The topological polar surface area (TPSA) is 13.1 Å². The first kappa shape index (κ1) is 27.7. The maximum absolute atomic E-state index is 6.22. The lowest BCUT2D eigenvalue weighted by atomic mass is 9.84. The molecule has 0 radical (unpaired) electrons. The Morgan fingerprint density at radius 3 is 1.63 bits per heavy atom. The van der Waals surface area contributed by atoms with Crippen LogP contribution in [-0.2, 0) is 0 Å². The van der Waals surface area contributed by atoms with Crippen LogP contribution in [0.2, 0.25) is 0 Å². The summed E-state index contributed by atoms with van der Waals surface area (Å²) >= 11 is 0. The van der Waals surface area contributed by atoms with E-state index in [-0.39, 0.29) is 0 Å². The van der Waals surface area contributed by atoms with Crippen LogP contribution in [0.15, 0.2) is 186 Å². The first-order valence-electron chi connectivity index (χ1n) is 16.8. The number of hydrogen-bond donors (Lipinski definition) is 0. The molecule has 0 fully saturated rings. The SMILES string of the molecule is c1ccc(-c2c3ccccc3c(-c3ccc(-c4cccc5oc6ccccc6c45)cc3)c3ccc(-c4cccc5ccccc45)cc23)cc1. The van der Waals surface area contributed by atoms with Gasteiger partial charge < -0.3 is 4.42 Å². The summed E-state index contributed by atoms with van der Waals surface area (Å²) in [4.78, 5) is 0. The maximum atomic E-state index is 6.22. The van der Waals surface area contributed by atoms with Crippen LogP contribution in [-0.4, -0.2) is 0 Å². The van der Waals surface area contributed by atoms with Gasteiger partial charge >= 0.3 is 0 Å². The van der Waals surface area contributed by atoms with Gasteiger partial charge in [0.1, 0.15) is 11.2 Å². The molecule has 0 spiro atoms. The summed E-state index contributed by atoms with van der Waals surface area (Å²) in [6.07, 6.45) is 0. The van der Waals surface area contributed by atoms with Gasteiger partial charge in [0, 0.05) is 10.8 Å². The molecule has 0 bridgehead atoms. The Kier molecular flexibility index (Phi) is 6.25. The molecule has 1 heterocycles. The summed E-state index contributed by atoms with van der Waals surface area (Å²) in [6.45, 7) is 0. The highest BCUT2D eigenvalue weighted by atomic mass is 16.3. The molecule has 49 heavy (non-hydrogen) atoms. The summed E-state index contributed by atoms with van der Waals surface area (Å²) < 4.78 is 6.22. The summed E-state index contributed by atoms with van der Waals surface area (Å²) in [5, 5.41) is 9.83. The van der Waals surface area contributed by atoms with E-state index in [1.54, 1.807) is 0 Å². The van der Waals surface area contributed by atoms with Crippen molar-refractivity contribution in [1.29, 1.82) is 0 Å². The van der Waals surface area contributed by atoms with Crippen molar-refractivity contribution in [3.63, 3.8) is 0 Å². The van der Waals surface area contributed by atoms with Gasteiger partial charge in [-0.25, -0.2) is 0 Å². The molecule has 10 rings (SSSR count). The maximum Gasteiger partial charge on any atom is 0.136 e. The molecule has 0 N–H and O–H groups in total. The third kappa shape index (κ3) is 4.40. The van der Waals surface area contributed by atoms with E-state index in [1.165, 1.54) is 76.8 Å². The van der Waals surface area contributed by atoms with Crippen LogP contribution >= 0.6 is 0 Å². The Morgan fingerprint density at radius 2 is 0.816 bits per heavy atom. The molecular formula is C48H30O. The molecule has 0 atom stereocenters. The molecule has 0 saturated heterocycles. The molecule has 1 nitrogen and oxygen atoms in total. The fourth-order valence-electron chi connectivity index (χ4n) is 7.88. The van der Waals surface area contributed by atoms with Gasteiger partial charge in [-0.05, 0) is 95.0 Å². The van der Waals surface area contributed by atoms with Crippen LogP contribution in [0.1, 0.15) is 0 Å². The number of benzene rings is 9. The zero-order chi connectivity index (χ0) is 32.3. The fraction of sp³-hybridized carbons (Fsp3) is 0. The van der Waals surface area contributed by atoms with Gasteiger partial charge in [0.2, 0.25) is 0 Å². The summed E-state index contributed by atoms with van der Waals surface area (Å²) in [6, 6.07) is 65.8. The fourth-order valence-corrected chi connectivity index (χ4v) is 7.88. The van der Waals surface area contributed by atoms with Gasteiger partial charge in [0.15, 0.2) is 0 Å². The standard InChI is InChI=1S/C48H30O/c1-2-13-33(14-3-1)47-40-18-7-6-17-39(40)46(41-29-28-35(30-43(41)47)37-20-10-15-31-12-4-5-16-36(31)37)34-26-24-32(25-27-34)38-21-11-23-45-48(38)42-19-8-9-22-44(42)49-45/h1-30H. The Hall–Kier alpha value is -6.44. The van der Waals surface area contributed by atoms with E-state index in [0.717, 1.165) is 21.9 Å². The molecule has 1 heteroatoms. The smallest absolute Gasteiger partial charge is 0.136 e. The van der Waals surface area contributed by atoms with Crippen molar-refractivity contribution < 1.29 is 4.42 Å². The lowest BCUT2D eigenvalue weighted by molar-refractivity contribution is 0.669. The van der Waals surface area contributed by atoms with Crippen LogP contribution in [0.25, 0.3) is 98.8 Å². The number of rotatable bonds is 4. The first-order chi connectivity index (χ1) is 24.3. The third-order valence-corrected chi connectivity index (χ3v) is 10.1. The molecule has 0 amide bonds. The van der Waals surface area contributed by atoms with E-state index in [9.17, 15) is 0 Å². The molecule has 1 aromatic heterocycles. The summed E-state index contributed by atoms with van der Waals surface area (Å²) in [5.74, 6) is 0. The van der Waals surface area contributed by atoms with E-state index in [0.29, 0.717) is 0 Å². The quantitative estimate of drug-likeness (QED) is 0.178. The molecule has 0 aliphatic carbocycles. The number of para-hydroxylation sites is 1. The second-order valence-electron chi connectivity index (χ2n) is 12.8. The monoisotopic (exact) mass is 622 g/mol. The Labute approximate surface area is 284 Å². The van der Waals surface area contributed by atoms with Crippen molar-refractivity contribution in [2.75, 3.05) is 0 Å². The number of hydrogen-bond acceptors (Lipinski definition) is 1. The molecule has 0 aliphatic rings. The largest absolute Gasteiger partial charge is 0.456 e. The van der Waals surface area contributed by atoms with Crippen molar-refractivity contribution in [3.05, 3.63) is 182 Å². The van der Waals surface area contributed by atoms with Gasteiger partial charge in [-0.15, -0.1) is 0 Å². The predicted octanol–water partition coefficient (Wildman–Crippen LogP) is 13.7. The van der Waals surface area contributed by atoms with Gasteiger partial charge in [-0.1, -0.05) is 164 Å². The average Bonchev–Trinajstić information content (AvgIpc) is 3.56. The second kappa shape index (κ2) is 11.1. The Balaban J connectivity index is 1.22. The lowest BCUT2D eigenvalue weighted by Gasteiger charge is -2.19. The third-order valence-electron chi connectivity index (χ3n) is 10.1.